The van der Waals surface area contributed by atoms with Crippen LogP contribution in [0.15, 0.2) is 40.9 Å². The number of halogens is 1. The summed E-state index contributed by atoms with van der Waals surface area (Å²) in [6.07, 6.45) is 4.38. The highest BCUT2D eigenvalue weighted by Crippen LogP contribution is 2.34. The highest BCUT2D eigenvalue weighted by molar-refractivity contribution is 9.10. The molecule has 0 saturated carbocycles. The molecule has 2 aromatic rings. The van der Waals surface area contributed by atoms with Gasteiger partial charge in [0.15, 0.2) is 0 Å². The Hall–Kier alpha value is -2.34. The molecule has 4 rings (SSSR count). The fourth-order valence-corrected chi connectivity index (χ4v) is 4.36. The van der Waals surface area contributed by atoms with Gasteiger partial charge in [-0.1, -0.05) is 22.4 Å². The minimum atomic E-state index is -0.173. The number of nitrogens with zero attached hydrogens (tertiary/aromatic N) is 2. The third-order valence-corrected chi connectivity index (χ3v) is 6.60. The molecule has 0 aliphatic carbocycles. The molecule has 5 nitrogen and oxygen atoms in total. The van der Waals surface area contributed by atoms with Crippen molar-refractivity contribution in [2.75, 3.05) is 23.8 Å². The fourth-order valence-electron chi connectivity index (χ4n) is 4.12. The first kappa shape index (κ1) is 19.0. The van der Waals surface area contributed by atoms with Crippen LogP contribution in [0.1, 0.15) is 52.0 Å². The molecule has 2 aliphatic rings. The molecule has 1 fully saturated rings. The maximum atomic E-state index is 13.0. The van der Waals surface area contributed by atoms with Gasteiger partial charge >= 0.3 is 0 Å². The van der Waals surface area contributed by atoms with Crippen LogP contribution in [0, 0.1) is 6.92 Å². The van der Waals surface area contributed by atoms with Crippen LogP contribution in [-0.4, -0.2) is 36.5 Å². The lowest BCUT2D eigenvalue weighted by Gasteiger charge is -2.43. The summed E-state index contributed by atoms with van der Waals surface area (Å²) in [6.45, 7) is 2.79. The molecule has 1 atom stereocenters. The van der Waals surface area contributed by atoms with Crippen LogP contribution >= 0.6 is 15.9 Å². The van der Waals surface area contributed by atoms with Crippen LogP contribution in [0.25, 0.3) is 0 Å². The molecule has 0 aromatic heterocycles. The lowest BCUT2D eigenvalue weighted by atomic mass is 10.0. The van der Waals surface area contributed by atoms with Gasteiger partial charge in [-0.15, -0.1) is 0 Å². The number of hydrogen-bond acceptors (Lipinski definition) is 3. The third kappa shape index (κ3) is 3.41. The molecule has 2 aromatic carbocycles. The Bertz CT molecular complexity index is 943. The van der Waals surface area contributed by atoms with Crippen LogP contribution in [0.5, 0.6) is 0 Å². The van der Waals surface area contributed by atoms with Crippen molar-refractivity contribution in [1.82, 2.24) is 4.90 Å². The van der Waals surface area contributed by atoms with E-state index in [1.165, 1.54) is 0 Å². The molecule has 2 amide bonds. The van der Waals surface area contributed by atoms with Gasteiger partial charge in [-0.05, 0) is 68.1 Å². The molecule has 0 spiro atoms. The zero-order valence-electron chi connectivity index (χ0n) is 16.2. The molecule has 2 heterocycles. The summed E-state index contributed by atoms with van der Waals surface area (Å²) in [5, 5.41) is 2.95. The summed E-state index contributed by atoms with van der Waals surface area (Å²) in [4.78, 5) is 29.9. The molecule has 1 unspecified atom stereocenters. The van der Waals surface area contributed by atoms with E-state index in [0.29, 0.717) is 11.1 Å². The summed E-state index contributed by atoms with van der Waals surface area (Å²) >= 11 is 3.47. The maximum Gasteiger partial charge on any atom is 0.257 e. The third-order valence-electron chi connectivity index (χ3n) is 5.72. The molecule has 28 heavy (non-hydrogen) atoms. The van der Waals surface area contributed by atoms with E-state index in [4.69, 9.17) is 0 Å². The second-order valence-electron chi connectivity index (χ2n) is 7.59. The minimum Gasteiger partial charge on any atom is -0.354 e. The van der Waals surface area contributed by atoms with E-state index >= 15 is 0 Å². The molecular weight excluding hydrogens is 418 g/mol. The largest absolute Gasteiger partial charge is 0.354 e. The number of benzene rings is 2. The lowest BCUT2D eigenvalue weighted by Crippen LogP contribution is -2.53. The van der Waals surface area contributed by atoms with Gasteiger partial charge in [0, 0.05) is 29.3 Å². The smallest absolute Gasteiger partial charge is 0.257 e. The van der Waals surface area contributed by atoms with Crippen molar-refractivity contribution < 1.29 is 9.59 Å². The Morgan fingerprint density at radius 2 is 1.96 bits per heavy atom. The highest BCUT2D eigenvalue weighted by Gasteiger charge is 2.36. The number of carbonyl (C=O) groups excluding carboxylic acids is 2. The number of fused-ring (bicyclic) bond motifs is 2. The Kier molecular flexibility index (Phi) is 5.15. The predicted molar refractivity (Wildman–Crippen MR) is 115 cm³/mol. The van der Waals surface area contributed by atoms with E-state index in [1.807, 2.05) is 43.1 Å². The van der Waals surface area contributed by atoms with Crippen LogP contribution in [-0.2, 0) is 0 Å². The number of nitrogens with one attached hydrogen (secondary N) is 1. The quantitative estimate of drug-likeness (QED) is 0.727. The van der Waals surface area contributed by atoms with Crippen LogP contribution < -0.4 is 10.2 Å². The summed E-state index contributed by atoms with van der Waals surface area (Å²) in [5.41, 5.74) is 3.88. The Labute approximate surface area is 173 Å². The molecule has 146 valence electrons. The average Bonchev–Trinajstić information content (AvgIpc) is 2.95. The Morgan fingerprint density at radius 1 is 1.14 bits per heavy atom. The Balaban J connectivity index is 1.62. The molecule has 2 aliphatic heterocycles. The minimum absolute atomic E-state index is 0.0786. The van der Waals surface area contributed by atoms with Crippen molar-refractivity contribution in [1.29, 1.82) is 0 Å². The van der Waals surface area contributed by atoms with E-state index in [2.05, 4.69) is 26.1 Å². The molecular formula is C22H24BrN3O2. The van der Waals surface area contributed by atoms with E-state index in [9.17, 15) is 9.59 Å². The first-order valence-electron chi connectivity index (χ1n) is 9.71. The van der Waals surface area contributed by atoms with Crippen molar-refractivity contribution in [2.24, 2.45) is 0 Å². The zero-order valence-corrected chi connectivity index (χ0v) is 17.8. The van der Waals surface area contributed by atoms with Crippen molar-refractivity contribution in [3.8, 4) is 0 Å². The van der Waals surface area contributed by atoms with E-state index in [-0.39, 0.29) is 18.0 Å². The van der Waals surface area contributed by atoms with Crippen molar-refractivity contribution >= 4 is 39.1 Å². The monoisotopic (exact) mass is 441 g/mol. The number of anilines is 2. The second kappa shape index (κ2) is 7.59. The predicted octanol–water partition coefficient (Wildman–Crippen LogP) is 4.80. The highest BCUT2D eigenvalue weighted by atomic mass is 79.9. The number of amides is 2. The van der Waals surface area contributed by atoms with Crippen LogP contribution in [0.4, 0.5) is 11.4 Å². The molecule has 1 N–H and O–H groups in total. The topological polar surface area (TPSA) is 52.7 Å². The van der Waals surface area contributed by atoms with E-state index in [0.717, 1.165) is 53.6 Å². The van der Waals surface area contributed by atoms with Crippen LogP contribution in [0.3, 0.4) is 0 Å². The molecule has 0 radical (unpaired) electrons. The molecule has 0 bridgehead atoms. The molecule has 1 saturated heterocycles. The molecule has 6 heteroatoms. The van der Waals surface area contributed by atoms with Gasteiger partial charge in [0.1, 0.15) is 6.17 Å². The average molecular weight is 442 g/mol. The van der Waals surface area contributed by atoms with Gasteiger partial charge in [0.05, 0.1) is 11.3 Å². The summed E-state index contributed by atoms with van der Waals surface area (Å²) in [7, 11) is 2.02. The van der Waals surface area contributed by atoms with Crippen molar-refractivity contribution in [2.45, 2.75) is 38.8 Å². The second-order valence-corrected chi connectivity index (χ2v) is 8.44. The number of aryl methyl sites for hydroxylation is 1. The lowest BCUT2D eigenvalue weighted by molar-refractivity contribution is 0.0661. The van der Waals surface area contributed by atoms with Gasteiger partial charge < -0.3 is 15.1 Å². The maximum absolute atomic E-state index is 13.0. The standard InChI is InChI=1S/C22H24BrN3O2/c1-14-12-16(8-10-18(14)23)24-21(27)15-7-9-17-19(13-15)25(2)20-6-4-3-5-11-26(20)22(17)28/h7-10,12-13,20H,3-6,11H2,1-2H3,(H,24,27). The fraction of sp³-hybridized carbons (Fsp3) is 0.364. The number of rotatable bonds is 2. The Morgan fingerprint density at radius 3 is 2.75 bits per heavy atom. The number of carbonyl (C=O) groups is 2. The summed E-state index contributed by atoms with van der Waals surface area (Å²) in [5.74, 6) is -0.0934. The van der Waals surface area contributed by atoms with Gasteiger partial charge in [0.2, 0.25) is 0 Å². The summed E-state index contributed by atoms with van der Waals surface area (Å²) in [6, 6.07) is 11.1. The first-order chi connectivity index (χ1) is 13.5. The van der Waals surface area contributed by atoms with E-state index < -0.39 is 0 Å². The van der Waals surface area contributed by atoms with E-state index in [1.54, 1.807) is 12.1 Å². The van der Waals surface area contributed by atoms with Crippen molar-refractivity contribution in [3.05, 3.63) is 57.6 Å². The zero-order chi connectivity index (χ0) is 19.8. The van der Waals surface area contributed by atoms with Crippen LogP contribution in [0.2, 0.25) is 0 Å². The van der Waals surface area contributed by atoms with Crippen molar-refractivity contribution in [3.63, 3.8) is 0 Å². The first-order valence-corrected chi connectivity index (χ1v) is 10.5. The SMILES string of the molecule is Cc1cc(NC(=O)c2ccc3c(c2)N(C)C2CCCCCN2C3=O)ccc1Br. The van der Waals surface area contributed by atoms with Gasteiger partial charge in [0.25, 0.3) is 11.8 Å². The van der Waals surface area contributed by atoms with Gasteiger partial charge in [-0.2, -0.15) is 0 Å². The number of hydrogen-bond donors (Lipinski definition) is 1. The summed E-state index contributed by atoms with van der Waals surface area (Å²) < 4.78 is 1.01. The van der Waals surface area contributed by atoms with Gasteiger partial charge in [-0.3, -0.25) is 9.59 Å². The normalized spacial score (nSPS) is 19.0. The van der Waals surface area contributed by atoms with Gasteiger partial charge in [-0.25, -0.2) is 0 Å².